The van der Waals surface area contributed by atoms with E-state index < -0.39 is 5.97 Å². The molecular formula is C11H24O2. The number of hydrogen-bond acceptors (Lipinski definition) is 1. The molecule has 0 aliphatic heterocycles. The summed E-state index contributed by atoms with van der Waals surface area (Å²) < 4.78 is 0. The maximum atomic E-state index is 10.0. The molecule has 0 amide bonds. The summed E-state index contributed by atoms with van der Waals surface area (Å²) in [7, 11) is 0. The molecule has 0 saturated carbocycles. The van der Waals surface area contributed by atoms with E-state index in [9.17, 15) is 4.79 Å². The van der Waals surface area contributed by atoms with E-state index in [0.717, 1.165) is 12.8 Å². The van der Waals surface area contributed by atoms with Crippen molar-refractivity contribution < 1.29 is 9.90 Å². The third kappa shape index (κ3) is 24.6. The lowest BCUT2D eigenvalue weighted by atomic mass is 10.1. The van der Waals surface area contributed by atoms with Gasteiger partial charge in [0.15, 0.2) is 0 Å². The number of aliphatic carboxylic acids is 1. The first-order valence-corrected chi connectivity index (χ1v) is 5.40. The fourth-order valence-electron chi connectivity index (χ4n) is 0.880. The van der Waals surface area contributed by atoms with Crippen molar-refractivity contribution >= 4 is 5.97 Å². The second-order valence-corrected chi connectivity index (χ2v) is 3.27. The zero-order valence-corrected chi connectivity index (χ0v) is 9.31. The highest BCUT2D eigenvalue weighted by atomic mass is 16.4. The van der Waals surface area contributed by atoms with Gasteiger partial charge < -0.3 is 5.11 Å². The van der Waals surface area contributed by atoms with Gasteiger partial charge in [-0.1, -0.05) is 52.9 Å². The number of hydrogen-bond donors (Lipinski definition) is 1. The van der Waals surface area contributed by atoms with Gasteiger partial charge in [-0.25, -0.2) is 0 Å². The monoisotopic (exact) mass is 188 g/mol. The molecule has 0 heterocycles. The first-order valence-electron chi connectivity index (χ1n) is 5.40. The average Bonchev–Trinajstić information content (AvgIpc) is 2.05. The molecule has 0 unspecified atom stereocenters. The van der Waals surface area contributed by atoms with Crippen LogP contribution in [0.4, 0.5) is 0 Å². The molecule has 0 saturated heterocycles. The minimum absolute atomic E-state index is 0.337. The SMILES string of the molecule is CCC.CCCCCCCC(=O)O. The Balaban J connectivity index is 0. The Morgan fingerprint density at radius 1 is 1.00 bits per heavy atom. The molecule has 13 heavy (non-hydrogen) atoms. The molecule has 0 aromatic heterocycles. The van der Waals surface area contributed by atoms with Gasteiger partial charge in [0.05, 0.1) is 0 Å². The van der Waals surface area contributed by atoms with Crippen LogP contribution in [0.25, 0.3) is 0 Å². The van der Waals surface area contributed by atoms with Crippen molar-refractivity contribution in [1.82, 2.24) is 0 Å². The second-order valence-electron chi connectivity index (χ2n) is 3.27. The van der Waals surface area contributed by atoms with Crippen molar-refractivity contribution in [2.24, 2.45) is 0 Å². The van der Waals surface area contributed by atoms with Crippen LogP contribution >= 0.6 is 0 Å². The summed E-state index contributed by atoms with van der Waals surface area (Å²) in [4.78, 5) is 10.0. The summed E-state index contributed by atoms with van der Waals surface area (Å²) in [6, 6.07) is 0. The van der Waals surface area contributed by atoms with E-state index in [0.29, 0.717) is 6.42 Å². The number of unbranched alkanes of at least 4 members (excludes halogenated alkanes) is 4. The summed E-state index contributed by atoms with van der Waals surface area (Å²) in [5, 5.41) is 8.27. The van der Waals surface area contributed by atoms with Crippen molar-refractivity contribution in [3.05, 3.63) is 0 Å². The fraction of sp³-hybridized carbons (Fsp3) is 0.909. The number of carbonyl (C=O) groups is 1. The van der Waals surface area contributed by atoms with Crippen molar-refractivity contribution in [3.8, 4) is 0 Å². The van der Waals surface area contributed by atoms with E-state index in [-0.39, 0.29) is 0 Å². The Kier molecular flexibility index (Phi) is 16.1. The highest BCUT2D eigenvalue weighted by Gasteiger charge is 1.94. The largest absolute Gasteiger partial charge is 0.481 e. The van der Waals surface area contributed by atoms with E-state index in [2.05, 4.69) is 20.8 Å². The van der Waals surface area contributed by atoms with Crippen LogP contribution in [0.15, 0.2) is 0 Å². The minimum atomic E-state index is -0.670. The topological polar surface area (TPSA) is 37.3 Å². The highest BCUT2D eigenvalue weighted by Crippen LogP contribution is 2.04. The van der Waals surface area contributed by atoms with Crippen LogP contribution in [0.2, 0.25) is 0 Å². The third-order valence-corrected chi connectivity index (χ3v) is 1.49. The molecule has 2 heteroatoms. The van der Waals surface area contributed by atoms with Crippen LogP contribution in [0.5, 0.6) is 0 Å². The van der Waals surface area contributed by atoms with Crippen LogP contribution < -0.4 is 0 Å². The predicted octanol–water partition coefficient (Wildman–Crippen LogP) is 3.85. The smallest absolute Gasteiger partial charge is 0.303 e. The van der Waals surface area contributed by atoms with Gasteiger partial charge >= 0.3 is 5.97 Å². The first kappa shape index (κ1) is 15.0. The number of carboxylic acid groups (broad SMARTS) is 1. The van der Waals surface area contributed by atoms with Crippen LogP contribution in [-0.4, -0.2) is 11.1 Å². The van der Waals surface area contributed by atoms with Crippen LogP contribution in [-0.2, 0) is 4.79 Å². The molecule has 0 spiro atoms. The maximum Gasteiger partial charge on any atom is 0.303 e. The average molecular weight is 188 g/mol. The number of carboxylic acids is 1. The van der Waals surface area contributed by atoms with Gasteiger partial charge in [0, 0.05) is 6.42 Å². The molecular weight excluding hydrogens is 164 g/mol. The van der Waals surface area contributed by atoms with Gasteiger partial charge in [0.2, 0.25) is 0 Å². The Bertz CT molecular complexity index is 100. The molecule has 0 aliphatic carbocycles. The Labute approximate surface area is 82.4 Å². The Hall–Kier alpha value is -0.530. The minimum Gasteiger partial charge on any atom is -0.481 e. The van der Waals surface area contributed by atoms with Crippen molar-refractivity contribution in [2.75, 3.05) is 0 Å². The lowest BCUT2D eigenvalue weighted by molar-refractivity contribution is -0.137. The molecule has 2 nitrogen and oxygen atoms in total. The number of rotatable bonds is 6. The molecule has 0 aromatic rings. The van der Waals surface area contributed by atoms with Crippen molar-refractivity contribution in [2.45, 2.75) is 65.7 Å². The highest BCUT2D eigenvalue weighted by molar-refractivity contribution is 5.66. The summed E-state index contributed by atoms with van der Waals surface area (Å²) in [5.41, 5.74) is 0. The normalized spacial score (nSPS) is 8.85. The van der Waals surface area contributed by atoms with Crippen molar-refractivity contribution in [1.29, 1.82) is 0 Å². The van der Waals surface area contributed by atoms with E-state index in [4.69, 9.17) is 5.11 Å². The van der Waals surface area contributed by atoms with E-state index in [1.54, 1.807) is 0 Å². The van der Waals surface area contributed by atoms with Gasteiger partial charge in [0.1, 0.15) is 0 Å². The molecule has 0 fully saturated rings. The van der Waals surface area contributed by atoms with Gasteiger partial charge in [0.25, 0.3) is 0 Å². The summed E-state index contributed by atoms with van der Waals surface area (Å²) in [5.74, 6) is -0.670. The third-order valence-electron chi connectivity index (χ3n) is 1.49. The molecule has 1 N–H and O–H groups in total. The van der Waals surface area contributed by atoms with Gasteiger partial charge in [-0.15, -0.1) is 0 Å². The zero-order chi connectivity index (χ0) is 10.5. The van der Waals surface area contributed by atoms with Crippen LogP contribution in [0, 0.1) is 0 Å². The fourth-order valence-corrected chi connectivity index (χ4v) is 0.880. The summed E-state index contributed by atoms with van der Waals surface area (Å²) in [6.45, 7) is 6.40. The van der Waals surface area contributed by atoms with Gasteiger partial charge in [-0.2, -0.15) is 0 Å². The summed E-state index contributed by atoms with van der Waals surface area (Å²) >= 11 is 0. The van der Waals surface area contributed by atoms with Gasteiger partial charge in [-0.3, -0.25) is 4.79 Å². The Morgan fingerprint density at radius 2 is 1.46 bits per heavy atom. The molecule has 0 aromatic carbocycles. The zero-order valence-electron chi connectivity index (χ0n) is 9.31. The van der Waals surface area contributed by atoms with E-state index in [1.807, 2.05) is 0 Å². The van der Waals surface area contributed by atoms with Crippen molar-refractivity contribution in [3.63, 3.8) is 0 Å². The molecule has 0 radical (unpaired) electrons. The molecule has 80 valence electrons. The lowest BCUT2D eigenvalue weighted by Gasteiger charge is -1.95. The lowest BCUT2D eigenvalue weighted by Crippen LogP contribution is -1.93. The van der Waals surface area contributed by atoms with Gasteiger partial charge in [-0.05, 0) is 6.42 Å². The molecule has 0 atom stereocenters. The Morgan fingerprint density at radius 3 is 1.85 bits per heavy atom. The standard InChI is InChI=1S/C8H16O2.C3H8/c1-2-3-4-5-6-7-8(9)10;1-3-2/h2-7H2,1H3,(H,9,10);3H2,1-2H3. The van der Waals surface area contributed by atoms with E-state index in [1.165, 1.54) is 25.7 Å². The summed E-state index contributed by atoms with van der Waals surface area (Å²) in [6.07, 6.45) is 7.13. The molecule has 0 rings (SSSR count). The van der Waals surface area contributed by atoms with Crippen LogP contribution in [0.1, 0.15) is 65.7 Å². The van der Waals surface area contributed by atoms with Crippen LogP contribution in [0.3, 0.4) is 0 Å². The second kappa shape index (κ2) is 14.0. The predicted molar refractivity (Wildman–Crippen MR) is 57.0 cm³/mol. The van der Waals surface area contributed by atoms with E-state index >= 15 is 0 Å². The molecule has 0 aliphatic rings. The maximum absolute atomic E-state index is 10.0. The first-order chi connectivity index (χ1) is 6.18. The quantitative estimate of drug-likeness (QED) is 0.643. The molecule has 0 bridgehead atoms.